The Morgan fingerprint density at radius 2 is 1.55 bits per heavy atom. The maximum absolute atomic E-state index is 13.1. The SMILES string of the molecule is C[C@@H](OC(=O)c1nn(-c2ccccc2)c(=O)c2ccccc12)c1ccc(F)cc1. The van der Waals surface area contributed by atoms with Crippen molar-refractivity contribution in [3.63, 3.8) is 0 Å². The molecule has 144 valence electrons. The zero-order valence-corrected chi connectivity index (χ0v) is 15.6. The molecule has 1 atom stereocenters. The molecule has 0 saturated carbocycles. The van der Waals surface area contributed by atoms with Crippen molar-refractivity contribution in [1.29, 1.82) is 0 Å². The summed E-state index contributed by atoms with van der Waals surface area (Å²) >= 11 is 0. The lowest BCUT2D eigenvalue weighted by atomic mass is 10.1. The first kappa shape index (κ1) is 18.6. The van der Waals surface area contributed by atoms with Gasteiger partial charge in [0.05, 0.1) is 11.1 Å². The highest BCUT2D eigenvalue weighted by Gasteiger charge is 2.21. The van der Waals surface area contributed by atoms with E-state index in [-0.39, 0.29) is 17.1 Å². The maximum Gasteiger partial charge on any atom is 0.360 e. The molecule has 0 N–H and O–H groups in total. The van der Waals surface area contributed by atoms with Crippen LogP contribution in [0.25, 0.3) is 16.5 Å². The fourth-order valence-electron chi connectivity index (χ4n) is 3.10. The largest absolute Gasteiger partial charge is 0.453 e. The Bertz CT molecular complexity index is 1230. The fraction of sp³-hybridized carbons (Fsp3) is 0.0870. The van der Waals surface area contributed by atoms with Gasteiger partial charge in [-0.2, -0.15) is 9.78 Å². The van der Waals surface area contributed by atoms with Gasteiger partial charge in [0.2, 0.25) is 0 Å². The van der Waals surface area contributed by atoms with Gasteiger partial charge < -0.3 is 4.74 Å². The molecule has 5 nitrogen and oxygen atoms in total. The van der Waals surface area contributed by atoms with E-state index in [0.29, 0.717) is 22.0 Å². The van der Waals surface area contributed by atoms with Crippen molar-refractivity contribution in [1.82, 2.24) is 9.78 Å². The van der Waals surface area contributed by atoms with E-state index in [1.807, 2.05) is 6.07 Å². The molecule has 0 bridgehead atoms. The van der Waals surface area contributed by atoms with Crippen molar-refractivity contribution in [2.24, 2.45) is 0 Å². The second-order valence-corrected chi connectivity index (χ2v) is 6.55. The van der Waals surface area contributed by atoms with Crippen LogP contribution in [0.4, 0.5) is 4.39 Å². The van der Waals surface area contributed by atoms with E-state index in [4.69, 9.17) is 4.74 Å². The van der Waals surface area contributed by atoms with Crippen molar-refractivity contribution in [3.8, 4) is 5.69 Å². The van der Waals surface area contributed by atoms with Crippen LogP contribution in [0.3, 0.4) is 0 Å². The number of ether oxygens (including phenoxy) is 1. The lowest BCUT2D eigenvalue weighted by Gasteiger charge is -2.15. The van der Waals surface area contributed by atoms with Crippen LogP contribution in [0.2, 0.25) is 0 Å². The predicted molar refractivity (Wildman–Crippen MR) is 108 cm³/mol. The van der Waals surface area contributed by atoms with Gasteiger partial charge in [-0.3, -0.25) is 4.79 Å². The number of aromatic nitrogens is 2. The van der Waals surface area contributed by atoms with E-state index >= 15 is 0 Å². The van der Waals surface area contributed by atoms with E-state index < -0.39 is 12.1 Å². The fourth-order valence-corrected chi connectivity index (χ4v) is 3.10. The first-order valence-corrected chi connectivity index (χ1v) is 9.08. The van der Waals surface area contributed by atoms with Crippen molar-refractivity contribution in [3.05, 3.63) is 106 Å². The number of halogens is 1. The van der Waals surface area contributed by atoms with E-state index in [9.17, 15) is 14.0 Å². The van der Waals surface area contributed by atoms with Crippen LogP contribution < -0.4 is 5.56 Å². The Kier molecular flexibility index (Phi) is 4.91. The Morgan fingerprint density at radius 3 is 2.24 bits per heavy atom. The minimum atomic E-state index is -0.664. The van der Waals surface area contributed by atoms with Gasteiger partial charge in [0.1, 0.15) is 11.9 Å². The first-order chi connectivity index (χ1) is 14.0. The molecule has 0 fully saturated rings. The van der Waals surface area contributed by atoms with Crippen molar-refractivity contribution >= 4 is 16.7 Å². The molecule has 0 spiro atoms. The molecule has 1 aromatic heterocycles. The molecule has 0 saturated heterocycles. The zero-order valence-electron chi connectivity index (χ0n) is 15.6. The molecule has 6 heteroatoms. The third-order valence-corrected chi connectivity index (χ3v) is 4.62. The number of carbonyl (C=O) groups excluding carboxylic acids is 1. The van der Waals surface area contributed by atoms with Crippen molar-refractivity contribution < 1.29 is 13.9 Å². The van der Waals surface area contributed by atoms with Crippen LogP contribution in [0.1, 0.15) is 29.1 Å². The number of para-hydroxylation sites is 1. The van der Waals surface area contributed by atoms with E-state index in [1.165, 1.54) is 16.8 Å². The molecule has 0 amide bonds. The standard InChI is InChI=1S/C23H17FN2O3/c1-15(16-11-13-17(24)14-12-16)29-23(28)21-19-9-5-6-10-20(19)22(27)26(25-21)18-7-3-2-4-8-18/h2-15H,1H3/t15-/m1/s1. The number of benzene rings is 3. The highest BCUT2D eigenvalue weighted by Crippen LogP contribution is 2.21. The van der Waals surface area contributed by atoms with Crippen LogP contribution >= 0.6 is 0 Å². The zero-order chi connectivity index (χ0) is 20.4. The van der Waals surface area contributed by atoms with Gasteiger partial charge in [-0.25, -0.2) is 9.18 Å². The number of carbonyl (C=O) groups is 1. The summed E-state index contributed by atoms with van der Waals surface area (Å²) in [5.74, 6) is -1.03. The summed E-state index contributed by atoms with van der Waals surface area (Å²) in [6, 6.07) is 21.4. The summed E-state index contributed by atoms with van der Waals surface area (Å²) in [5.41, 5.74) is 0.914. The number of nitrogens with zero attached hydrogens (tertiary/aromatic N) is 2. The lowest BCUT2D eigenvalue weighted by molar-refractivity contribution is 0.0331. The van der Waals surface area contributed by atoms with Crippen LogP contribution in [-0.2, 0) is 4.74 Å². The van der Waals surface area contributed by atoms with Crippen LogP contribution in [-0.4, -0.2) is 15.7 Å². The quantitative estimate of drug-likeness (QED) is 0.485. The van der Waals surface area contributed by atoms with Crippen LogP contribution in [0, 0.1) is 5.82 Å². The average Bonchev–Trinajstić information content (AvgIpc) is 2.75. The van der Waals surface area contributed by atoms with Gasteiger partial charge in [0.15, 0.2) is 5.69 Å². The highest BCUT2D eigenvalue weighted by atomic mass is 19.1. The Morgan fingerprint density at radius 1 is 0.931 bits per heavy atom. The normalized spacial score (nSPS) is 11.9. The minimum Gasteiger partial charge on any atom is -0.453 e. The van der Waals surface area contributed by atoms with Crippen LogP contribution in [0.15, 0.2) is 83.7 Å². The molecule has 3 aromatic carbocycles. The summed E-state index contributed by atoms with van der Waals surface area (Å²) in [5, 5.41) is 5.09. The number of hydrogen-bond acceptors (Lipinski definition) is 4. The predicted octanol–water partition coefficient (Wildman–Crippen LogP) is 4.44. The molecule has 0 aliphatic heterocycles. The molecule has 1 heterocycles. The second-order valence-electron chi connectivity index (χ2n) is 6.55. The summed E-state index contributed by atoms with van der Waals surface area (Å²) in [4.78, 5) is 25.8. The summed E-state index contributed by atoms with van der Waals surface area (Å²) in [6.07, 6.45) is -0.610. The van der Waals surface area contributed by atoms with Crippen molar-refractivity contribution in [2.45, 2.75) is 13.0 Å². The van der Waals surface area contributed by atoms with Gasteiger partial charge in [0.25, 0.3) is 5.56 Å². The molecular weight excluding hydrogens is 371 g/mol. The van der Waals surface area contributed by atoms with E-state index in [0.717, 1.165) is 0 Å². The van der Waals surface area contributed by atoms with Crippen LogP contribution in [0.5, 0.6) is 0 Å². The molecule has 0 unspecified atom stereocenters. The van der Waals surface area contributed by atoms with Gasteiger partial charge in [0, 0.05) is 5.39 Å². The lowest BCUT2D eigenvalue weighted by Crippen LogP contribution is -2.25. The highest BCUT2D eigenvalue weighted by molar-refractivity contribution is 6.02. The second kappa shape index (κ2) is 7.67. The van der Waals surface area contributed by atoms with Gasteiger partial charge in [-0.1, -0.05) is 48.5 Å². The molecule has 0 aliphatic rings. The minimum absolute atomic E-state index is 0.0398. The maximum atomic E-state index is 13.1. The number of fused-ring (bicyclic) bond motifs is 1. The molecule has 4 rings (SSSR count). The van der Waals surface area contributed by atoms with Gasteiger partial charge in [-0.15, -0.1) is 0 Å². The smallest absolute Gasteiger partial charge is 0.360 e. The van der Waals surface area contributed by atoms with Gasteiger partial charge in [-0.05, 0) is 42.8 Å². The Labute approximate surface area is 166 Å². The summed E-state index contributed by atoms with van der Waals surface area (Å²) in [6.45, 7) is 1.69. The molecular formula is C23H17FN2O3. The average molecular weight is 388 g/mol. The molecule has 29 heavy (non-hydrogen) atoms. The summed E-state index contributed by atoms with van der Waals surface area (Å²) < 4.78 is 19.9. The molecule has 0 aliphatic carbocycles. The number of hydrogen-bond donors (Lipinski definition) is 0. The van der Waals surface area contributed by atoms with E-state index in [1.54, 1.807) is 67.6 Å². The van der Waals surface area contributed by atoms with Gasteiger partial charge >= 0.3 is 5.97 Å². The van der Waals surface area contributed by atoms with Crippen molar-refractivity contribution in [2.75, 3.05) is 0 Å². The number of rotatable bonds is 4. The third-order valence-electron chi connectivity index (χ3n) is 4.62. The Balaban J connectivity index is 1.78. The molecule has 0 radical (unpaired) electrons. The van der Waals surface area contributed by atoms with E-state index in [2.05, 4.69) is 5.10 Å². The monoisotopic (exact) mass is 388 g/mol. The topological polar surface area (TPSA) is 61.2 Å². The Hall–Kier alpha value is -3.80. The third kappa shape index (κ3) is 3.65. The molecule has 4 aromatic rings. The first-order valence-electron chi connectivity index (χ1n) is 9.08. The number of esters is 1. The summed E-state index contributed by atoms with van der Waals surface area (Å²) in [7, 11) is 0.